The number of amides is 3. The molecule has 0 radical (unpaired) electrons. The highest BCUT2D eigenvalue weighted by atomic mass is 32.1. The lowest BCUT2D eigenvalue weighted by atomic mass is 9.97. The molecule has 8 nitrogen and oxygen atoms in total. The van der Waals surface area contributed by atoms with E-state index in [9.17, 15) is 14.4 Å². The van der Waals surface area contributed by atoms with Gasteiger partial charge < -0.3 is 20.3 Å². The molecule has 0 aliphatic carbocycles. The fourth-order valence-electron chi connectivity index (χ4n) is 4.15. The average molecular weight is 457 g/mol. The number of thiazole rings is 1. The molecule has 3 heterocycles. The molecule has 2 aliphatic rings. The van der Waals surface area contributed by atoms with E-state index in [4.69, 9.17) is 4.74 Å². The van der Waals surface area contributed by atoms with Crippen molar-refractivity contribution in [1.29, 1.82) is 0 Å². The van der Waals surface area contributed by atoms with Crippen LogP contribution in [-0.4, -0.2) is 46.3 Å². The third-order valence-corrected chi connectivity index (χ3v) is 6.52. The second-order valence-electron chi connectivity index (χ2n) is 9.25. The van der Waals surface area contributed by atoms with Gasteiger partial charge in [-0.2, -0.15) is 0 Å². The smallest absolute Gasteiger partial charge is 0.231 e. The summed E-state index contributed by atoms with van der Waals surface area (Å²) in [6, 6.07) is 5.69. The Morgan fingerprint density at radius 2 is 2.06 bits per heavy atom. The predicted octanol–water partition coefficient (Wildman–Crippen LogP) is 3.36. The minimum atomic E-state index is -0.381. The number of hydrogen-bond acceptors (Lipinski definition) is 6. The fourth-order valence-corrected chi connectivity index (χ4v) is 4.87. The van der Waals surface area contributed by atoms with Crippen molar-refractivity contribution in [2.24, 2.45) is 5.92 Å². The van der Waals surface area contributed by atoms with Gasteiger partial charge in [0.15, 0.2) is 5.13 Å². The Bertz CT molecular complexity index is 1060. The summed E-state index contributed by atoms with van der Waals surface area (Å²) in [5.41, 5.74) is 2.25. The zero-order chi connectivity index (χ0) is 23.0. The van der Waals surface area contributed by atoms with Crippen molar-refractivity contribution in [1.82, 2.24) is 15.2 Å². The summed E-state index contributed by atoms with van der Waals surface area (Å²) in [5, 5.41) is 8.23. The number of carbonyl (C=O) groups excluding carboxylic acids is 3. The van der Waals surface area contributed by atoms with Gasteiger partial charge >= 0.3 is 0 Å². The molecule has 0 saturated carbocycles. The summed E-state index contributed by atoms with van der Waals surface area (Å²) >= 11 is 1.34. The quantitative estimate of drug-likeness (QED) is 0.735. The molecule has 0 bridgehead atoms. The predicted molar refractivity (Wildman–Crippen MR) is 122 cm³/mol. The number of rotatable bonds is 4. The SMILES string of the molecule is CC(=O)NC1CCOc2ccc(-c3csc(NC(=O)C4CC(=O)N(C(C)(C)C)C4)n3)cc21. The van der Waals surface area contributed by atoms with Crippen LogP contribution in [0.15, 0.2) is 23.6 Å². The van der Waals surface area contributed by atoms with Crippen LogP contribution in [0.25, 0.3) is 11.3 Å². The maximum Gasteiger partial charge on any atom is 0.231 e. The summed E-state index contributed by atoms with van der Waals surface area (Å²) in [6.07, 6.45) is 0.927. The number of nitrogens with one attached hydrogen (secondary N) is 2. The molecule has 2 atom stereocenters. The third kappa shape index (κ3) is 4.62. The van der Waals surface area contributed by atoms with Gasteiger partial charge in [0.05, 0.1) is 24.3 Å². The highest BCUT2D eigenvalue weighted by molar-refractivity contribution is 7.14. The Kier molecular flexibility index (Phi) is 5.94. The lowest BCUT2D eigenvalue weighted by Gasteiger charge is -2.31. The molecule has 1 fully saturated rings. The van der Waals surface area contributed by atoms with Crippen LogP contribution in [0.2, 0.25) is 0 Å². The van der Waals surface area contributed by atoms with E-state index in [1.165, 1.54) is 18.3 Å². The lowest BCUT2D eigenvalue weighted by Crippen LogP contribution is -2.42. The maximum atomic E-state index is 12.7. The van der Waals surface area contributed by atoms with Crippen molar-refractivity contribution in [3.8, 4) is 17.0 Å². The van der Waals surface area contributed by atoms with Gasteiger partial charge in [-0.15, -0.1) is 11.3 Å². The first-order valence-electron chi connectivity index (χ1n) is 10.7. The Balaban J connectivity index is 1.47. The van der Waals surface area contributed by atoms with Gasteiger partial charge in [0, 0.05) is 48.4 Å². The number of likely N-dealkylation sites (tertiary alicyclic amines) is 1. The molecule has 32 heavy (non-hydrogen) atoms. The summed E-state index contributed by atoms with van der Waals surface area (Å²) in [5.74, 6) is 0.116. The highest BCUT2D eigenvalue weighted by Crippen LogP contribution is 2.36. The molecule has 9 heteroatoms. The van der Waals surface area contributed by atoms with Crippen LogP contribution in [0, 0.1) is 5.92 Å². The van der Waals surface area contributed by atoms with Crippen LogP contribution in [0.5, 0.6) is 5.75 Å². The number of anilines is 1. The standard InChI is InChI=1S/C23H28N4O4S/c1-13(28)24-17-7-8-31-19-6-5-14(9-16(17)19)18-12-32-22(25-18)26-21(30)15-10-20(29)27(11-15)23(2,3)4/h5-6,9,12,15,17H,7-8,10-11H2,1-4H3,(H,24,28)(H,25,26,30). The molecule has 2 aromatic rings. The number of hydrogen-bond donors (Lipinski definition) is 2. The van der Waals surface area contributed by atoms with Gasteiger partial charge in [-0.25, -0.2) is 4.98 Å². The van der Waals surface area contributed by atoms with Gasteiger partial charge in [0.25, 0.3) is 0 Å². The minimum Gasteiger partial charge on any atom is -0.493 e. The summed E-state index contributed by atoms with van der Waals surface area (Å²) in [6.45, 7) is 8.39. The molecule has 170 valence electrons. The summed E-state index contributed by atoms with van der Waals surface area (Å²) in [4.78, 5) is 42.9. The second kappa shape index (κ2) is 8.54. The monoisotopic (exact) mass is 456 g/mol. The molecule has 3 amide bonds. The lowest BCUT2D eigenvalue weighted by molar-refractivity contribution is -0.131. The number of aromatic nitrogens is 1. The Morgan fingerprint density at radius 1 is 1.28 bits per heavy atom. The van der Waals surface area contributed by atoms with E-state index >= 15 is 0 Å². The van der Waals surface area contributed by atoms with Crippen molar-refractivity contribution in [2.45, 2.75) is 52.1 Å². The zero-order valence-electron chi connectivity index (χ0n) is 18.7. The van der Waals surface area contributed by atoms with E-state index in [0.29, 0.717) is 24.7 Å². The molecule has 1 saturated heterocycles. The number of fused-ring (bicyclic) bond motifs is 1. The summed E-state index contributed by atoms with van der Waals surface area (Å²) in [7, 11) is 0. The molecule has 0 spiro atoms. The van der Waals surface area contributed by atoms with E-state index in [0.717, 1.165) is 22.6 Å². The normalized spacial score (nSPS) is 20.5. The van der Waals surface area contributed by atoms with Gasteiger partial charge in [-0.3, -0.25) is 14.4 Å². The van der Waals surface area contributed by atoms with E-state index in [2.05, 4.69) is 15.6 Å². The van der Waals surface area contributed by atoms with Gasteiger partial charge in [0.1, 0.15) is 5.75 Å². The molecule has 4 rings (SSSR count). The van der Waals surface area contributed by atoms with E-state index in [1.807, 2.05) is 44.4 Å². The van der Waals surface area contributed by atoms with E-state index in [-0.39, 0.29) is 41.6 Å². The van der Waals surface area contributed by atoms with Crippen LogP contribution in [0.4, 0.5) is 5.13 Å². The number of nitrogens with zero attached hydrogens (tertiary/aromatic N) is 2. The van der Waals surface area contributed by atoms with Crippen molar-refractivity contribution in [3.63, 3.8) is 0 Å². The van der Waals surface area contributed by atoms with Crippen molar-refractivity contribution in [3.05, 3.63) is 29.1 Å². The Hall–Kier alpha value is -2.94. The first-order chi connectivity index (χ1) is 15.1. The first kappa shape index (κ1) is 22.3. The Labute approximate surface area is 191 Å². The van der Waals surface area contributed by atoms with Crippen molar-refractivity contribution < 1.29 is 19.1 Å². The maximum absolute atomic E-state index is 12.7. The topological polar surface area (TPSA) is 101 Å². The van der Waals surface area contributed by atoms with Crippen molar-refractivity contribution in [2.75, 3.05) is 18.5 Å². The van der Waals surface area contributed by atoms with Gasteiger partial charge in [0.2, 0.25) is 17.7 Å². The van der Waals surface area contributed by atoms with Gasteiger partial charge in [-0.1, -0.05) is 0 Å². The first-order valence-corrected chi connectivity index (χ1v) is 11.6. The minimum absolute atomic E-state index is 0.00230. The van der Waals surface area contributed by atoms with Gasteiger partial charge in [-0.05, 0) is 39.0 Å². The second-order valence-corrected chi connectivity index (χ2v) is 10.1. The Morgan fingerprint density at radius 3 is 2.75 bits per heavy atom. The number of benzene rings is 1. The number of ether oxygens (including phenoxy) is 1. The van der Waals surface area contributed by atoms with Crippen molar-refractivity contribution >= 4 is 34.2 Å². The van der Waals surface area contributed by atoms with Crippen LogP contribution < -0.4 is 15.4 Å². The molecule has 2 aliphatic heterocycles. The van der Waals surface area contributed by atoms with E-state index < -0.39 is 0 Å². The van der Waals surface area contributed by atoms with Crippen LogP contribution in [0.3, 0.4) is 0 Å². The van der Waals surface area contributed by atoms with Crippen LogP contribution in [-0.2, 0) is 14.4 Å². The molecule has 1 aromatic carbocycles. The molecular formula is C23H28N4O4S. The highest BCUT2D eigenvalue weighted by Gasteiger charge is 2.39. The van der Waals surface area contributed by atoms with Crippen LogP contribution in [0.1, 0.15) is 52.1 Å². The molecule has 1 aromatic heterocycles. The largest absolute Gasteiger partial charge is 0.493 e. The van der Waals surface area contributed by atoms with E-state index in [1.54, 1.807) is 4.90 Å². The van der Waals surface area contributed by atoms with Crippen LogP contribution >= 0.6 is 11.3 Å². The molecule has 2 N–H and O–H groups in total. The number of carbonyl (C=O) groups is 3. The fraction of sp³-hybridized carbons (Fsp3) is 0.478. The third-order valence-electron chi connectivity index (χ3n) is 5.76. The molecule has 2 unspecified atom stereocenters. The summed E-state index contributed by atoms with van der Waals surface area (Å²) < 4.78 is 5.72. The zero-order valence-corrected chi connectivity index (χ0v) is 19.5. The molecular weight excluding hydrogens is 428 g/mol. The average Bonchev–Trinajstić information content (AvgIpc) is 3.34.